The van der Waals surface area contributed by atoms with Crippen LogP contribution in [0.15, 0.2) is 53.6 Å². The third-order valence-electron chi connectivity index (χ3n) is 7.65. The van der Waals surface area contributed by atoms with Crippen LogP contribution >= 0.6 is 0 Å². The first-order valence-electron chi connectivity index (χ1n) is 12.4. The third kappa shape index (κ3) is 4.29. The molecule has 0 bridgehead atoms. The van der Waals surface area contributed by atoms with Gasteiger partial charge in [0.25, 0.3) is 0 Å². The van der Waals surface area contributed by atoms with E-state index in [1.54, 1.807) is 19.9 Å². The molecule has 3 atom stereocenters. The van der Waals surface area contributed by atoms with E-state index in [0.29, 0.717) is 23.8 Å². The molecule has 2 aromatic carbocycles. The van der Waals surface area contributed by atoms with Crippen molar-refractivity contribution in [2.24, 2.45) is 5.10 Å². The lowest BCUT2D eigenvalue weighted by Crippen LogP contribution is -2.54. The number of hydrogen-bond donors (Lipinski definition) is 1. The van der Waals surface area contributed by atoms with Crippen molar-refractivity contribution in [3.05, 3.63) is 59.9 Å². The number of aliphatic hydroxyl groups excluding tert-OH is 1. The number of hydrogen-bond acceptors (Lipinski definition) is 6. The van der Waals surface area contributed by atoms with Gasteiger partial charge in [-0.05, 0) is 44.0 Å². The molecule has 1 saturated heterocycles. The lowest BCUT2D eigenvalue weighted by Gasteiger charge is -2.42. The number of nitrogens with zero attached hydrogens (tertiary/aromatic N) is 4. The van der Waals surface area contributed by atoms with Crippen molar-refractivity contribution in [3.63, 3.8) is 0 Å². The fourth-order valence-corrected chi connectivity index (χ4v) is 5.89. The summed E-state index contributed by atoms with van der Waals surface area (Å²) in [5, 5.41) is 17.7. The smallest absolute Gasteiger partial charge is 0.219 e. The molecular formula is C27H33FN4O3. The number of piperazine rings is 1. The van der Waals surface area contributed by atoms with Crippen molar-refractivity contribution in [2.75, 3.05) is 44.3 Å². The number of rotatable bonds is 6. The van der Waals surface area contributed by atoms with E-state index in [4.69, 9.17) is 9.84 Å². The van der Waals surface area contributed by atoms with Gasteiger partial charge in [-0.2, -0.15) is 5.10 Å². The van der Waals surface area contributed by atoms with Crippen molar-refractivity contribution in [2.45, 2.75) is 44.2 Å². The highest BCUT2D eigenvalue weighted by Crippen LogP contribution is 2.49. The van der Waals surface area contributed by atoms with Gasteiger partial charge < -0.3 is 14.7 Å². The standard InChI is InChI=1S/C27H33FN4O3/c1-19(33)26-27(21-7-4-3-5-8-21,11-6-12-30-13-15-31(16-14-30)20(2)34)25-18-35-24-10-9-22(28)17-23(24)32(25)29-26/h3-5,7-10,17,19,25,33H,6,11-16,18H2,1-2H3/t19?,25-,27+/m0/s1. The molecule has 35 heavy (non-hydrogen) atoms. The van der Waals surface area contributed by atoms with Gasteiger partial charge in [-0.1, -0.05) is 30.3 Å². The minimum atomic E-state index is -0.767. The first kappa shape index (κ1) is 23.8. The Balaban J connectivity index is 1.44. The average molecular weight is 481 g/mol. The fraction of sp³-hybridized carbons (Fsp3) is 0.481. The van der Waals surface area contributed by atoms with Crippen LogP contribution < -0.4 is 9.75 Å². The largest absolute Gasteiger partial charge is 0.489 e. The van der Waals surface area contributed by atoms with Gasteiger partial charge in [0, 0.05) is 39.2 Å². The Morgan fingerprint density at radius 1 is 1.20 bits per heavy atom. The van der Waals surface area contributed by atoms with E-state index in [1.165, 1.54) is 12.1 Å². The lowest BCUT2D eigenvalue weighted by atomic mass is 9.66. The molecule has 3 aliphatic rings. The van der Waals surface area contributed by atoms with Crippen molar-refractivity contribution >= 4 is 17.3 Å². The average Bonchev–Trinajstić information content (AvgIpc) is 3.21. The number of halogens is 1. The number of ether oxygens (including phenoxy) is 1. The zero-order valence-electron chi connectivity index (χ0n) is 20.4. The topological polar surface area (TPSA) is 68.6 Å². The molecule has 0 spiro atoms. The van der Waals surface area contributed by atoms with Gasteiger partial charge >= 0.3 is 0 Å². The van der Waals surface area contributed by atoms with Gasteiger partial charge in [-0.25, -0.2) is 4.39 Å². The predicted molar refractivity (Wildman–Crippen MR) is 133 cm³/mol. The van der Waals surface area contributed by atoms with Crippen LogP contribution in [-0.2, 0) is 10.2 Å². The number of fused-ring (bicyclic) bond motifs is 3. The van der Waals surface area contributed by atoms with E-state index in [1.807, 2.05) is 28.1 Å². The number of benzene rings is 2. The molecule has 0 aliphatic carbocycles. The van der Waals surface area contributed by atoms with Crippen molar-refractivity contribution in [1.29, 1.82) is 0 Å². The van der Waals surface area contributed by atoms with Crippen LogP contribution in [0.1, 0.15) is 32.3 Å². The van der Waals surface area contributed by atoms with Gasteiger partial charge in [0.1, 0.15) is 29.9 Å². The van der Waals surface area contributed by atoms with E-state index < -0.39 is 11.5 Å². The van der Waals surface area contributed by atoms with Gasteiger partial charge in [0.15, 0.2) is 0 Å². The van der Waals surface area contributed by atoms with E-state index >= 15 is 0 Å². The normalized spacial score (nSPS) is 24.9. The van der Waals surface area contributed by atoms with Crippen LogP contribution in [0, 0.1) is 5.82 Å². The first-order chi connectivity index (χ1) is 16.9. The van der Waals surface area contributed by atoms with Crippen LogP contribution in [0.25, 0.3) is 0 Å². The molecule has 186 valence electrons. The van der Waals surface area contributed by atoms with Gasteiger partial charge in [-0.15, -0.1) is 0 Å². The van der Waals surface area contributed by atoms with Crippen LogP contribution in [-0.4, -0.2) is 78.0 Å². The van der Waals surface area contributed by atoms with Crippen molar-refractivity contribution < 1.29 is 19.0 Å². The summed E-state index contributed by atoms with van der Waals surface area (Å²) >= 11 is 0. The Bertz CT molecular complexity index is 1100. The van der Waals surface area contributed by atoms with E-state index in [2.05, 4.69) is 17.0 Å². The van der Waals surface area contributed by atoms with E-state index in [-0.39, 0.29) is 17.8 Å². The van der Waals surface area contributed by atoms with E-state index in [0.717, 1.165) is 51.1 Å². The quantitative estimate of drug-likeness (QED) is 0.689. The minimum absolute atomic E-state index is 0.130. The Hall–Kier alpha value is -2.97. The second-order valence-electron chi connectivity index (χ2n) is 9.73. The molecule has 1 fully saturated rings. The molecule has 0 aromatic heterocycles. The maximum atomic E-state index is 14.2. The molecule has 3 heterocycles. The molecule has 7 nitrogen and oxygen atoms in total. The van der Waals surface area contributed by atoms with Crippen LogP contribution in [0.5, 0.6) is 5.75 Å². The summed E-state index contributed by atoms with van der Waals surface area (Å²) in [5.74, 6) is 0.387. The SMILES string of the molecule is CC(=O)N1CCN(CCC[C@]2(c3ccccc3)C(C(C)O)=NN3c4cc(F)ccc4OC[C@H]32)CC1. The predicted octanol–water partition coefficient (Wildman–Crippen LogP) is 3.03. The molecule has 1 unspecified atom stereocenters. The highest BCUT2D eigenvalue weighted by molar-refractivity contribution is 6.02. The summed E-state index contributed by atoms with van der Waals surface area (Å²) in [7, 11) is 0. The van der Waals surface area contributed by atoms with Gasteiger partial charge in [0.05, 0.1) is 17.2 Å². The Morgan fingerprint density at radius 3 is 2.63 bits per heavy atom. The lowest BCUT2D eigenvalue weighted by molar-refractivity contribution is -0.130. The highest BCUT2D eigenvalue weighted by Gasteiger charge is 2.55. The summed E-state index contributed by atoms with van der Waals surface area (Å²) in [5.41, 5.74) is 1.80. The van der Waals surface area contributed by atoms with Gasteiger partial charge in [-0.3, -0.25) is 14.7 Å². The molecule has 2 aromatic rings. The monoisotopic (exact) mass is 480 g/mol. The molecule has 1 amide bonds. The molecule has 8 heteroatoms. The van der Waals surface area contributed by atoms with Crippen LogP contribution in [0.4, 0.5) is 10.1 Å². The summed E-state index contributed by atoms with van der Waals surface area (Å²) in [4.78, 5) is 16.0. The molecule has 3 aliphatic heterocycles. The number of aliphatic hydroxyl groups is 1. The number of carbonyl (C=O) groups excluding carboxylic acids is 1. The second kappa shape index (κ2) is 9.59. The summed E-state index contributed by atoms with van der Waals surface area (Å²) < 4.78 is 20.3. The van der Waals surface area contributed by atoms with Crippen molar-refractivity contribution in [3.8, 4) is 5.75 Å². The first-order valence-corrected chi connectivity index (χ1v) is 12.4. The minimum Gasteiger partial charge on any atom is -0.489 e. The maximum absolute atomic E-state index is 14.2. The Labute approximate surface area is 205 Å². The number of carbonyl (C=O) groups is 1. The molecule has 0 radical (unpaired) electrons. The third-order valence-corrected chi connectivity index (χ3v) is 7.65. The maximum Gasteiger partial charge on any atom is 0.219 e. The highest BCUT2D eigenvalue weighted by atomic mass is 19.1. The zero-order chi connectivity index (χ0) is 24.6. The second-order valence-corrected chi connectivity index (χ2v) is 9.73. The molecule has 5 rings (SSSR count). The zero-order valence-corrected chi connectivity index (χ0v) is 20.4. The number of anilines is 1. The van der Waals surface area contributed by atoms with E-state index in [9.17, 15) is 14.3 Å². The Morgan fingerprint density at radius 2 is 1.94 bits per heavy atom. The fourth-order valence-electron chi connectivity index (χ4n) is 5.89. The molecular weight excluding hydrogens is 447 g/mol. The molecule has 0 saturated carbocycles. The van der Waals surface area contributed by atoms with Crippen LogP contribution in [0.3, 0.4) is 0 Å². The Kier molecular flexibility index (Phi) is 6.51. The van der Waals surface area contributed by atoms with Crippen LogP contribution in [0.2, 0.25) is 0 Å². The summed E-state index contributed by atoms with van der Waals surface area (Å²) in [6, 6.07) is 14.5. The summed E-state index contributed by atoms with van der Waals surface area (Å²) in [6.07, 6.45) is 0.890. The molecule has 1 N–H and O–H groups in total. The number of hydrazone groups is 1. The van der Waals surface area contributed by atoms with Crippen molar-refractivity contribution in [1.82, 2.24) is 9.80 Å². The summed E-state index contributed by atoms with van der Waals surface area (Å²) in [6.45, 7) is 7.90. The van der Waals surface area contributed by atoms with Gasteiger partial charge in [0.2, 0.25) is 5.91 Å². The number of amides is 1.